The molecule has 0 amide bonds. The number of hydrogen-bond acceptors (Lipinski definition) is 6. The fourth-order valence-electron chi connectivity index (χ4n) is 2.59. The van der Waals surface area contributed by atoms with E-state index in [0.29, 0.717) is 26.2 Å². The Kier molecular flexibility index (Phi) is 10.1. The van der Waals surface area contributed by atoms with Crippen molar-refractivity contribution in [2.75, 3.05) is 64.9 Å². The van der Waals surface area contributed by atoms with Crippen molar-refractivity contribution in [3.05, 3.63) is 0 Å². The van der Waals surface area contributed by atoms with Crippen LogP contribution in [0.1, 0.15) is 12.8 Å². The summed E-state index contributed by atoms with van der Waals surface area (Å²) in [4.78, 5) is 40.1. The molecular formula is C12H30N4O6P2. The van der Waals surface area contributed by atoms with Gasteiger partial charge in [0.1, 0.15) is 12.6 Å². The van der Waals surface area contributed by atoms with Crippen LogP contribution in [0.15, 0.2) is 0 Å². The molecule has 10 nitrogen and oxygen atoms in total. The molecule has 0 atom stereocenters. The quantitative estimate of drug-likeness (QED) is 0.326. The van der Waals surface area contributed by atoms with E-state index in [1.807, 2.05) is 0 Å². The van der Waals surface area contributed by atoms with E-state index in [9.17, 15) is 28.7 Å². The summed E-state index contributed by atoms with van der Waals surface area (Å²) in [5, 5.41) is 6.53. The fraction of sp³-hybridized carbons (Fsp3) is 1.00. The molecule has 6 N–H and O–H groups in total. The molecule has 1 fully saturated rings. The second-order valence-corrected chi connectivity index (χ2v) is 9.28. The van der Waals surface area contributed by atoms with Gasteiger partial charge in [0.2, 0.25) is 0 Å². The highest BCUT2D eigenvalue weighted by Crippen LogP contribution is 2.36. The lowest BCUT2D eigenvalue weighted by Crippen LogP contribution is -2.39. The average molecular weight is 388 g/mol. The Hall–Kier alpha value is 0.140. The van der Waals surface area contributed by atoms with Crippen LogP contribution in [0, 0.1) is 0 Å². The van der Waals surface area contributed by atoms with Crippen LogP contribution in [0.2, 0.25) is 0 Å². The molecule has 0 aliphatic carbocycles. The van der Waals surface area contributed by atoms with Gasteiger partial charge in [0, 0.05) is 39.3 Å². The van der Waals surface area contributed by atoms with E-state index in [-0.39, 0.29) is 12.6 Å². The molecule has 0 bridgehead atoms. The summed E-state index contributed by atoms with van der Waals surface area (Å²) in [6.45, 7) is 4.90. The molecule has 144 valence electrons. The molecule has 1 rings (SSSR count). The summed E-state index contributed by atoms with van der Waals surface area (Å²) in [5.74, 6) is 0. The summed E-state index contributed by atoms with van der Waals surface area (Å²) in [6, 6.07) is 0. The van der Waals surface area contributed by atoms with Crippen LogP contribution in [-0.2, 0) is 9.13 Å². The van der Waals surface area contributed by atoms with Gasteiger partial charge in [-0.3, -0.25) is 18.9 Å². The van der Waals surface area contributed by atoms with E-state index >= 15 is 0 Å². The van der Waals surface area contributed by atoms with Gasteiger partial charge in [-0.2, -0.15) is 0 Å². The van der Waals surface area contributed by atoms with Gasteiger partial charge in [0.05, 0.1) is 0 Å². The van der Waals surface area contributed by atoms with Gasteiger partial charge in [-0.05, 0) is 25.9 Å². The van der Waals surface area contributed by atoms with Gasteiger partial charge < -0.3 is 30.2 Å². The minimum absolute atomic E-state index is 0.335. The Bertz CT molecular complexity index is 403. The van der Waals surface area contributed by atoms with Crippen LogP contribution < -0.4 is 10.6 Å². The van der Waals surface area contributed by atoms with E-state index in [1.165, 1.54) is 0 Å². The molecule has 1 aliphatic rings. The average Bonchev–Trinajstić information content (AvgIpc) is 2.42. The first-order chi connectivity index (χ1) is 11.2. The molecule has 1 heterocycles. The summed E-state index contributed by atoms with van der Waals surface area (Å²) in [6.07, 6.45) is 0.827. The van der Waals surface area contributed by atoms with Crippen molar-refractivity contribution in [2.24, 2.45) is 0 Å². The van der Waals surface area contributed by atoms with Crippen molar-refractivity contribution < 1.29 is 28.7 Å². The van der Waals surface area contributed by atoms with Crippen molar-refractivity contribution >= 4 is 15.2 Å². The SMILES string of the molecule is O=P(O)(O)CN1CCCNCCNCCCN(CP(=O)(O)O)CC1. The molecule has 24 heavy (non-hydrogen) atoms. The second-order valence-electron chi connectivity index (χ2n) is 6.06. The van der Waals surface area contributed by atoms with E-state index in [0.717, 1.165) is 39.0 Å². The van der Waals surface area contributed by atoms with E-state index < -0.39 is 15.2 Å². The minimum atomic E-state index is -4.16. The van der Waals surface area contributed by atoms with Gasteiger partial charge >= 0.3 is 15.2 Å². The number of nitrogens with zero attached hydrogens (tertiary/aromatic N) is 2. The number of nitrogens with one attached hydrogen (secondary N) is 2. The van der Waals surface area contributed by atoms with Gasteiger partial charge in [-0.15, -0.1) is 0 Å². The van der Waals surface area contributed by atoms with Crippen molar-refractivity contribution in [2.45, 2.75) is 12.8 Å². The maximum absolute atomic E-state index is 11.3. The van der Waals surface area contributed by atoms with Gasteiger partial charge in [-0.25, -0.2) is 0 Å². The van der Waals surface area contributed by atoms with Gasteiger partial charge in [0.15, 0.2) is 0 Å². The zero-order valence-electron chi connectivity index (χ0n) is 13.9. The molecular weight excluding hydrogens is 358 g/mol. The van der Waals surface area contributed by atoms with Crippen LogP contribution in [0.4, 0.5) is 0 Å². The predicted octanol–water partition coefficient (Wildman–Crippen LogP) is -1.17. The standard InChI is InChI=1S/C12H30N4O6P2/c17-23(18,19)11-15-7-1-3-13-5-6-14-4-2-8-16(10-9-15)12-24(20,21)22/h13-14H,1-12H2,(H2,17,18,19)(H2,20,21,22). The van der Waals surface area contributed by atoms with Gasteiger partial charge in [0.25, 0.3) is 0 Å². The molecule has 1 aliphatic heterocycles. The third-order valence-corrected chi connectivity index (χ3v) is 5.17. The van der Waals surface area contributed by atoms with Crippen molar-refractivity contribution in [3.63, 3.8) is 0 Å². The number of rotatable bonds is 4. The van der Waals surface area contributed by atoms with E-state index in [1.54, 1.807) is 9.80 Å². The van der Waals surface area contributed by atoms with Crippen LogP contribution in [0.5, 0.6) is 0 Å². The third kappa shape index (κ3) is 12.5. The lowest BCUT2D eigenvalue weighted by molar-refractivity contribution is 0.212. The monoisotopic (exact) mass is 388 g/mol. The predicted molar refractivity (Wildman–Crippen MR) is 91.9 cm³/mol. The zero-order valence-corrected chi connectivity index (χ0v) is 15.7. The lowest BCUT2D eigenvalue weighted by atomic mass is 10.3. The molecule has 0 saturated carbocycles. The van der Waals surface area contributed by atoms with Crippen molar-refractivity contribution in [1.29, 1.82) is 0 Å². The van der Waals surface area contributed by atoms with Crippen LogP contribution in [0.25, 0.3) is 0 Å². The summed E-state index contributed by atoms with van der Waals surface area (Å²) < 4.78 is 22.6. The molecule has 0 aromatic heterocycles. The van der Waals surface area contributed by atoms with Crippen molar-refractivity contribution in [3.8, 4) is 0 Å². The third-order valence-electron chi connectivity index (χ3n) is 3.64. The first-order valence-electron chi connectivity index (χ1n) is 8.11. The van der Waals surface area contributed by atoms with Crippen LogP contribution >= 0.6 is 15.2 Å². The Balaban J connectivity index is 2.65. The smallest absolute Gasteiger partial charge is 0.324 e. The molecule has 0 aromatic carbocycles. The Morgan fingerprint density at radius 3 is 1.38 bits per heavy atom. The van der Waals surface area contributed by atoms with Gasteiger partial charge in [-0.1, -0.05) is 0 Å². The highest BCUT2D eigenvalue weighted by atomic mass is 31.2. The Morgan fingerprint density at radius 1 is 0.667 bits per heavy atom. The second kappa shape index (κ2) is 11.0. The van der Waals surface area contributed by atoms with Crippen molar-refractivity contribution in [1.82, 2.24) is 20.4 Å². The largest absolute Gasteiger partial charge is 0.339 e. The molecule has 1 saturated heterocycles. The highest BCUT2D eigenvalue weighted by Gasteiger charge is 2.22. The first-order valence-corrected chi connectivity index (χ1v) is 11.7. The molecule has 0 spiro atoms. The molecule has 0 aromatic rings. The fourth-order valence-corrected chi connectivity index (χ4v) is 4.20. The highest BCUT2D eigenvalue weighted by molar-refractivity contribution is 7.51. The molecule has 12 heteroatoms. The summed E-state index contributed by atoms with van der Waals surface area (Å²) in [7, 11) is -8.33. The van der Waals surface area contributed by atoms with Crippen LogP contribution in [0.3, 0.4) is 0 Å². The normalized spacial score (nSPS) is 22.2. The molecule has 0 unspecified atom stereocenters. The Morgan fingerprint density at radius 2 is 1.04 bits per heavy atom. The summed E-state index contributed by atoms with van der Waals surface area (Å²) in [5.41, 5.74) is 0. The van der Waals surface area contributed by atoms with E-state index in [4.69, 9.17) is 0 Å². The topological polar surface area (TPSA) is 146 Å². The number of hydrogen-bond donors (Lipinski definition) is 6. The Labute approximate surface area is 142 Å². The zero-order chi connectivity index (χ0) is 18.1. The first kappa shape index (κ1) is 22.2. The lowest BCUT2D eigenvalue weighted by Gasteiger charge is -2.28. The maximum atomic E-state index is 11.3. The van der Waals surface area contributed by atoms with Crippen LogP contribution in [-0.4, -0.2) is 94.3 Å². The molecule has 0 radical (unpaired) electrons. The summed E-state index contributed by atoms with van der Waals surface area (Å²) >= 11 is 0. The van der Waals surface area contributed by atoms with E-state index in [2.05, 4.69) is 10.6 Å². The maximum Gasteiger partial charge on any atom is 0.339 e. The minimum Gasteiger partial charge on any atom is -0.324 e.